The largest absolute Gasteiger partial charge is 0.508 e. The summed E-state index contributed by atoms with van der Waals surface area (Å²) in [6.45, 7) is 0. The molecule has 0 unspecified atom stereocenters. The van der Waals surface area contributed by atoms with Crippen LogP contribution in [0.3, 0.4) is 0 Å². The zero-order valence-electron chi connectivity index (χ0n) is 9.70. The van der Waals surface area contributed by atoms with Gasteiger partial charge in [-0.15, -0.1) is 0 Å². The fourth-order valence-corrected chi connectivity index (χ4v) is 2.00. The van der Waals surface area contributed by atoms with Crippen molar-refractivity contribution in [2.45, 2.75) is 0 Å². The van der Waals surface area contributed by atoms with Crippen LogP contribution in [-0.4, -0.2) is 21.2 Å². The van der Waals surface area contributed by atoms with Crippen LogP contribution < -0.4 is 0 Å². The minimum Gasteiger partial charge on any atom is -0.508 e. The lowest BCUT2D eigenvalue weighted by Gasteiger charge is -1.98. The van der Waals surface area contributed by atoms with Crippen molar-refractivity contribution in [1.29, 1.82) is 0 Å². The van der Waals surface area contributed by atoms with E-state index in [4.69, 9.17) is 4.42 Å². The average Bonchev–Trinajstić information content (AvgIpc) is 2.78. The van der Waals surface area contributed by atoms with Crippen molar-refractivity contribution in [1.82, 2.24) is 4.98 Å². The summed E-state index contributed by atoms with van der Waals surface area (Å²) < 4.78 is 5.58. The van der Waals surface area contributed by atoms with Crippen LogP contribution in [0.15, 0.2) is 47.1 Å². The number of aromatic carboxylic acids is 1. The third-order valence-corrected chi connectivity index (χ3v) is 2.83. The Labute approximate surface area is 107 Å². The van der Waals surface area contributed by atoms with Crippen molar-refractivity contribution in [3.63, 3.8) is 0 Å². The highest BCUT2D eigenvalue weighted by atomic mass is 16.4. The van der Waals surface area contributed by atoms with Crippen molar-refractivity contribution < 1.29 is 19.4 Å². The van der Waals surface area contributed by atoms with Crippen molar-refractivity contribution >= 4 is 16.9 Å². The van der Waals surface area contributed by atoms with Gasteiger partial charge in [0.1, 0.15) is 22.7 Å². The van der Waals surface area contributed by atoms with Crippen molar-refractivity contribution in [2.75, 3.05) is 0 Å². The maximum atomic E-state index is 11.4. The summed E-state index contributed by atoms with van der Waals surface area (Å²) >= 11 is 0. The number of carbonyl (C=O) groups is 1. The second kappa shape index (κ2) is 4.13. The van der Waals surface area contributed by atoms with Crippen LogP contribution in [0.25, 0.3) is 22.3 Å². The van der Waals surface area contributed by atoms with E-state index in [0.717, 1.165) is 0 Å². The first-order valence-corrected chi connectivity index (χ1v) is 5.56. The fourth-order valence-electron chi connectivity index (χ4n) is 2.00. The molecule has 0 aliphatic heterocycles. The number of carboxylic acids is 1. The zero-order chi connectivity index (χ0) is 13.4. The number of phenolic OH excluding ortho intramolecular Hbond substituents is 1. The van der Waals surface area contributed by atoms with E-state index in [1.807, 2.05) is 0 Å². The van der Waals surface area contributed by atoms with Gasteiger partial charge in [-0.2, -0.15) is 0 Å². The summed E-state index contributed by atoms with van der Waals surface area (Å²) in [4.78, 5) is 15.3. The maximum absolute atomic E-state index is 11.4. The van der Waals surface area contributed by atoms with Gasteiger partial charge in [-0.1, -0.05) is 0 Å². The van der Waals surface area contributed by atoms with Gasteiger partial charge >= 0.3 is 5.97 Å². The first-order chi connectivity index (χ1) is 9.16. The van der Waals surface area contributed by atoms with Crippen LogP contribution in [0.1, 0.15) is 10.4 Å². The normalized spacial score (nSPS) is 10.7. The molecule has 2 heterocycles. The molecule has 0 radical (unpaired) electrons. The quantitative estimate of drug-likeness (QED) is 0.735. The Morgan fingerprint density at radius 1 is 1.16 bits per heavy atom. The van der Waals surface area contributed by atoms with Crippen LogP contribution in [0.5, 0.6) is 5.75 Å². The lowest BCUT2D eigenvalue weighted by molar-refractivity contribution is 0.0699. The van der Waals surface area contributed by atoms with Crippen LogP contribution in [0, 0.1) is 0 Å². The van der Waals surface area contributed by atoms with Gasteiger partial charge in [0.15, 0.2) is 0 Å². The highest BCUT2D eigenvalue weighted by Gasteiger charge is 2.21. The van der Waals surface area contributed by atoms with Crippen LogP contribution in [-0.2, 0) is 0 Å². The number of rotatable bonds is 2. The van der Waals surface area contributed by atoms with E-state index < -0.39 is 5.97 Å². The molecule has 0 spiro atoms. The Kier molecular flexibility index (Phi) is 2.45. The summed E-state index contributed by atoms with van der Waals surface area (Å²) in [5.74, 6) is -0.844. The molecule has 3 rings (SSSR count). The van der Waals surface area contributed by atoms with Gasteiger partial charge in [0.2, 0.25) is 0 Å². The summed E-state index contributed by atoms with van der Waals surface area (Å²) in [5.41, 5.74) is 1.09. The van der Waals surface area contributed by atoms with E-state index in [0.29, 0.717) is 16.5 Å². The minimum absolute atomic E-state index is 0.00271. The average molecular weight is 255 g/mol. The van der Waals surface area contributed by atoms with E-state index in [-0.39, 0.29) is 17.1 Å². The van der Waals surface area contributed by atoms with Gasteiger partial charge in [0, 0.05) is 23.3 Å². The second-order valence-electron chi connectivity index (χ2n) is 4.03. The number of furan rings is 1. The van der Waals surface area contributed by atoms with Gasteiger partial charge in [-0.05, 0) is 30.3 Å². The van der Waals surface area contributed by atoms with Crippen molar-refractivity contribution in [3.05, 3.63) is 48.3 Å². The number of hydrogen-bond donors (Lipinski definition) is 2. The first kappa shape index (κ1) is 11.3. The highest BCUT2D eigenvalue weighted by molar-refractivity contribution is 6.08. The number of phenols is 1. The molecule has 0 atom stereocenters. The molecule has 0 saturated carbocycles. The van der Waals surface area contributed by atoms with Gasteiger partial charge in [0.25, 0.3) is 0 Å². The van der Waals surface area contributed by atoms with E-state index in [9.17, 15) is 15.0 Å². The third-order valence-electron chi connectivity index (χ3n) is 2.83. The van der Waals surface area contributed by atoms with E-state index in [1.165, 1.54) is 12.1 Å². The Morgan fingerprint density at radius 3 is 2.58 bits per heavy atom. The monoisotopic (exact) mass is 255 g/mol. The molecule has 0 saturated heterocycles. The number of nitrogens with zero attached hydrogens (tertiary/aromatic N) is 1. The van der Waals surface area contributed by atoms with Crippen LogP contribution in [0.4, 0.5) is 0 Å². The molecule has 0 aliphatic carbocycles. The van der Waals surface area contributed by atoms with Crippen molar-refractivity contribution in [3.8, 4) is 17.1 Å². The molecule has 94 valence electrons. The Morgan fingerprint density at radius 2 is 1.89 bits per heavy atom. The summed E-state index contributed by atoms with van der Waals surface area (Å²) in [6, 6.07) is 7.72. The number of hydrogen-bond acceptors (Lipinski definition) is 4. The molecule has 0 fully saturated rings. The molecule has 2 aromatic heterocycles. The smallest absolute Gasteiger partial charge is 0.340 e. The number of pyridine rings is 1. The van der Waals surface area contributed by atoms with Crippen molar-refractivity contribution in [2.24, 2.45) is 0 Å². The van der Waals surface area contributed by atoms with Crippen LogP contribution in [0.2, 0.25) is 0 Å². The fraction of sp³-hybridized carbons (Fsp3) is 0. The Bertz CT molecular complexity index is 762. The van der Waals surface area contributed by atoms with Gasteiger partial charge in [-0.3, -0.25) is 4.98 Å². The number of aromatic hydroxyl groups is 1. The van der Waals surface area contributed by atoms with Gasteiger partial charge in [-0.25, -0.2) is 4.79 Å². The highest BCUT2D eigenvalue weighted by Crippen LogP contribution is 2.34. The van der Waals surface area contributed by atoms with E-state index in [1.54, 1.807) is 30.6 Å². The molecule has 5 nitrogen and oxygen atoms in total. The number of fused-ring (bicyclic) bond motifs is 1. The predicted octanol–water partition coefficient (Wildman–Crippen LogP) is 2.90. The molecule has 0 bridgehead atoms. The third kappa shape index (κ3) is 1.81. The summed E-state index contributed by atoms with van der Waals surface area (Å²) in [6.07, 6.45) is 3.12. The molecule has 1 aromatic carbocycles. The number of aromatic nitrogens is 1. The summed E-state index contributed by atoms with van der Waals surface area (Å²) in [5, 5.41) is 19.2. The molecular weight excluding hydrogens is 246 g/mol. The van der Waals surface area contributed by atoms with E-state index in [2.05, 4.69) is 4.98 Å². The lowest BCUT2D eigenvalue weighted by atomic mass is 10.1. The molecule has 0 amide bonds. The topological polar surface area (TPSA) is 83.6 Å². The van der Waals surface area contributed by atoms with Gasteiger partial charge < -0.3 is 14.6 Å². The number of benzene rings is 1. The molecule has 5 heteroatoms. The standard InChI is InChI=1S/C14H9NO4/c16-9-1-2-11-10(7-9)12(14(17)18)13(19-11)8-3-5-15-6-4-8/h1-7,16H,(H,17,18). The summed E-state index contributed by atoms with van der Waals surface area (Å²) in [7, 11) is 0. The minimum atomic E-state index is -1.10. The maximum Gasteiger partial charge on any atom is 0.340 e. The molecular formula is C14H9NO4. The van der Waals surface area contributed by atoms with Gasteiger partial charge in [0.05, 0.1) is 0 Å². The molecule has 0 aliphatic rings. The second-order valence-corrected chi connectivity index (χ2v) is 4.03. The zero-order valence-corrected chi connectivity index (χ0v) is 9.70. The number of carboxylic acid groups (broad SMARTS) is 1. The Hall–Kier alpha value is -2.82. The lowest BCUT2D eigenvalue weighted by Crippen LogP contribution is -1.97. The predicted molar refractivity (Wildman–Crippen MR) is 68.1 cm³/mol. The molecule has 2 N–H and O–H groups in total. The SMILES string of the molecule is O=C(O)c1c(-c2ccncc2)oc2ccc(O)cc12. The molecule has 3 aromatic rings. The van der Waals surface area contributed by atoms with E-state index >= 15 is 0 Å². The molecule has 19 heavy (non-hydrogen) atoms. The first-order valence-electron chi connectivity index (χ1n) is 5.56. The Balaban J connectivity index is 2.36. The van der Waals surface area contributed by atoms with Crippen LogP contribution >= 0.6 is 0 Å².